The third-order valence-electron chi connectivity index (χ3n) is 12.9. The number of hydrogen-bond acceptors (Lipinski definition) is 2. The molecular formula is C56H44N2O2. The number of fused-ring (bicyclic) bond motifs is 6. The van der Waals surface area contributed by atoms with Crippen LogP contribution in [0.2, 0.25) is 0 Å². The van der Waals surface area contributed by atoms with E-state index in [9.17, 15) is 0 Å². The molecule has 0 saturated carbocycles. The molecule has 2 fully saturated rings. The fourth-order valence-electron chi connectivity index (χ4n) is 9.72. The van der Waals surface area contributed by atoms with Crippen molar-refractivity contribution >= 4 is 43.6 Å². The SMILES string of the molecule is c1cc(CC2CCO2)cc(-c2cc(-c3cc(-c4cccc(CC5CCO5)c4)cc(-n4c5ccccc5c5ccccc54)c3)cc(-n3c4ccccc4c4ccccc43)c2)c1. The average molecular weight is 777 g/mol. The molecule has 4 heteroatoms. The van der Waals surface area contributed by atoms with Crippen molar-refractivity contribution in [2.45, 2.75) is 37.9 Å². The molecule has 10 aromatic rings. The van der Waals surface area contributed by atoms with Gasteiger partial charge in [0.2, 0.25) is 0 Å². The van der Waals surface area contributed by atoms with Crippen LogP contribution in [0.1, 0.15) is 24.0 Å². The molecule has 8 aromatic carbocycles. The molecule has 4 nitrogen and oxygen atoms in total. The molecule has 0 N–H and O–H groups in total. The molecule has 290 valence electrons. The Morgan fingerprint density at radius 1 is 0.350 bits per heavy atom. The standard InChI is InChI=1S/C56H44N2O2/c1-5-19-53-49(15-1)50-16-2-6-20-54(50)57(53)45-33-41(39-13-9-11-37(27-39)29-47-23-25-59-47)31-43(35-45)44-32-42(40-14-10-12-38(28-40)30-48-24-26-60-48)34-46(36-44)58-55-21-7-3-17-51(55)52-18-4-8-22-56(52)58/h1-22,27-28,31-36,47-48H,23-26,29-30H2. The van der Waals surface area contributed by atoms with Crippen LogP contribution in [0.5, 0.6) is 0 Å². The highest BCUT2D eigenvalue weighted by Gasteiger charge is 2.21. The van der Waals surface area contributed by atoms with Crippen molar-refractivity contribution in [2.75, 3.05) is 13.2 Å². The molecule has 0 spiro atoms. The minimum Gasteiger partial charge on any atom is -0.378 e. The van der Waals surface area contributed by atoms with E-state index in [1.54, 1.807) is 0 Å². The molecule has 2 saturated heterocycles. The second-order valence-electron chi connectivity index (χ2n) is 16.6. The molecule has 2 aromatic heterocycles. The van der Waals surface area contributed by atoms with Crippen LogP contribution in [0.4, 0.5) is 0 Å². The molecule has 2 aliphatic heterocycles. The zero-order valence-corrected chi connectivity index (χ0v) is 33.4. The van der Waals surface area contributed by atoms with Gasteiger partial charge in [-0.05, 0) is 131 Å². The van der Waals surface area contributed by atoms with Crippen molar-refractivity contribution in [3.05, 3.63) is 193 Å². The summed E-state index contributed by atoms with van der Waals surface area (Å²) < 4.78 is 16.7. The number of aromatic nitrogens is 2. The van der Waals surface area contributed by atoms with Crippen molar-refractivity contribution in [2.24, 2.45) is 0 Å². The Bertz CT molecular complexity index is 2930. The normalized spacial score (nSPS) is 16.4. The van der Waals surface area contributed by atoms with Gasteiger partial charge >= 0.3 is 0 Å². The smallest absolute Gasteiger partial charge is 0.0637 e. The maximum absolute atomic E-state index is 5.87. The van der Waals surface area contributed by atoms with Gasteiger partial charge in [0.05, 0.1) is 34.3 Å². The van der Waals surface area contributed by atoms with Crippen LogP contribution in [0, 0.1) is 0 Å². The first kappa shape index (κ1) is 35.2. The fraction of sp³-hybridized carbons (Fsp3) is 0.143. The van der Waals surface area contributed by atoms with Crippen LogP contribution in [-0.2, 0) is 22.3 Å². The Morgan fingerprint density at radius 3 is 1.02 bits per heavy atom. The highest BCUT2D eigenvalue weighted by Crippen LogP contribution is 2.40. The number of para-hydroxylation sites is 4. The van der Waals surface area contributed by atoms with Crippen molar-refractivity contribution in [3.8, 4) is 44.8 Å². The minimum atomic E-state index is 0.307. The van der Waals surface area contributed by atoms with Crippen molar-refractivity contribution in [1.29, 1.82) is 0 Å². The van der Waals surface area contributed by atoms with E-state index in [0.717, 1.165) is 50.3 Å². The molecule has 0 aliphatic carbocycles. The molecule has 0 amide bonds. The summed E-state index contributed by atoms with van der Waals surface area (Å²) in [6.45, 7) is 1.73. The summed E-state index contributed by atoms with van der Waals surface area (Å²) in [7, 11) is 0. The van der Waals surface area contributed by atoms with Crippen LogP contribution >= 0.6 is 0 Å². The summed E-state index contributed by atoms with van der Waals surface area (Å²) in [5.41, 5.74) is 16.8. The van der Waals surface area contributed by atoms with Gasteiger partial charge in [-0.15, -0.1) is 0 Å². The summed E-state index contributed by atoms with van der Waals surface area (Å²) in [5.74, 6) is 0. The fourth-order valence-corrected chi connectivity index (χ4v) is 9.72. The first-order valence-corrected chi connectivity index (χ1v) is 21.4. The Kier molecular flexibility index (Phi) is 8.53. The van der Waals surface area contributed by atoms with Crippen molar-refractivity contribution in [1.82, 2.24) is 9.13 Å². The number of ether oxygens (including phenoxy) is 2. The van der Waals surface area contributed by atoms with E-state index in [-0.39, 0.29) is 0 Å². The highest BCUT2D eigenvalue weighted by molar-refractivity contribution is 6.10. The lowest BCUT2D eigenvalue weighted by Crippen LogP contribution is -2.28. The van der Waals surface area contributed by atoms with Gasteiger partial charge in [-0.3, -0.25) is 0 Å². The van der Waals surface area contributed by atoms with E-state index in [0.29, 0.717) is 12.2 Å². The minimum absolute atomic E-state index is 0.307. The van der Waals surface area contributed by atoms with Gasteiger partial charge in [-0.2, -0.15) is 0 Å². The van der Waals surface area contributed by atoms with E-state index in [1.807, 2.05) is 0 Å². The zero-order valence-electron chi connectivity index (χ0n) is 33.4. The largest absolute Gasteiger partial charge is 0.378 e. The molecule has 12 rings (SSSR count). The summed E-state index contributed by atoms with van der Waals surface area (Å²) in [4.78, 5) is 0. The zero-order chi connectivity index (χ0) is 39.6. The van der Waals surface area contributed by atoms with Gasteiger partial charge in [0.25, 0.3) is 0 Å². The molecule has 0 radical (unpaired) electrons. The molecule has 2 atom stereocenters. The van der Waals surface area contributed by atoms with Crippen molar-refractivity contribution in [3.63, 3.8) is 0 Å². The van der Waals surface area contributed by atoms with E-state index < -0.39 is 0 Å². The third kappa shape index (κ3) is 6.14. The summed E-state index contributed by atoms with van der Waals surface area (Å²) >= 11 is 0. The second kappa shape index (κ2) is 14.5. The number of nitrogens with zero attached hydrogens (tertiary/aromatic N) is 2. The van der Waals surface area contributed by atoms with Crippen molar-refractivity contribution < 1.29 is 9.47 Å². The second-order valence-corrected chi connectivity index (χ2v) is 16.6. The van der Waals surface area contributed by atoms with Gasteiger partial charge < -0.3 is 18.6 Å². The predicted octanol–water partition coefficient (Wildman–Crippen LogP) is 13.5. The number of hydrogen-bond donors (Lipinski definition) is 0. The molecule has 0 bridgehead atoms. The maximum atomic E-state index is 5.87. The average Bonchev–Trinajstić information content (AvgIpc) is 3.79. The molecule has 2 unspecified atom stereocenters. The number of rotatable bonds is 9. The maximum Gasteiger partial charge on any atom is 0.0637 e. The first-order chi connectivity index (χ1) is 29.7. The quantitative estimate of drug-likeness (QED) is 0.146. The van der Waals surface area contributed by atoms with Crippen LogP contribution in [0.25, 0.3) is 88.4 Å². The molecule has 4 heterocycles. The lowest BCUT2D eigenvalue weighted by atomic mass is 9.92. The van der Waals surface area contributed by atoms with E-state index >= 15 is 0 Å². The van der Waals surface area contributed by atoms with Gasteiger partial charge in [-0.25, -0.2) is 0 Å². The Morgan fingerprint density at radius 2 is 0.683 bits per heavy atom. The van der Waals surface area contributed by atoms with Gasteiger partial charge in [0.15, 0.2) is 0 Å². The van der Waals surface area contributed by atoms with E-state index in [2.05, 4.69) is 191 Å². The summed E-state index contributed by atoms with van der Waals surface area (Å²) in [6.07, 6.45) is 4.73. The predicted molar refractivity (Wildman–Crippen MR) is 248 cm³/mol. The van der Waals surface area contributed by atoms with Crippen LogP contribution in [-0.4, -0.2) is 34.6 Å². The van der Waals surface area contributed by atoms with Crippen LogP contribution < -0.4 is 0 Å². The monoisotopic (exact) mass is 776 g/mol. The Balaban J connectivity index is 1.11. The third-order valence-corrected chi connectivity index (χ3v) is 12.9. The lowest BCUT2D eigenvalue weighted by molar-refractivity contribution is -0.0493. The van der Waals surface area contributed by atoms with Crippen LogP contribution in [0.3, 0.4) is 0 Å². The van der Waals surface area contributed by atoms with Gasteiger partial charge in [0, 0.05) is 46.1 Å². The Hall–Kier alpha value is -6.72. The number of benzene rings is 8. The summed E-state index contributed by atoms with van der Waals surface area (Å²) in [6, 6.07) is 67.7. The summed E-state index contributed by atoms with van der Waals surface area (Å²) in [5, 5.41) is 5.02. The first-order valence-electron chi connectivity index (χ1n) is 21.4. The van der Waals surface area contributed by atoms with E-state index in [1.165, 1.54) is 88.1 Å². The molecular weight excluding hydrogens is 733 g/mol. The molecule has 2 aliphatic rings. The lowest BCUT2D eigenvalue weighted by Gasteiger charge is -2.26. The van der Waals surface area contributed by atoms with Crippen LogP contribution in [0.15, 0.2) is 182 Å². The molecule has 60 heavy (non-hydrogen) atoms. The van der Waals surface area contributed by atoms with E-state index in [4.69, 9.17) is 9.47 Å². The van der Waals surface area contributed by atoms with Gasteiger partial charge in [-0.1, -0.05) is 121 Å². The Labute approximate surface area is 349 Å². The highest BCUT2D eigenvalue weighted by atomic mass is 16.5. The topological polar surface area (TPSA) is 28.3 Å². The van der Waals surface area contributed by atoms with Gasteiger partial charge in [0.1, 0.15) is 0 Å².